The average molecular weight is 288 g/mol. The molecule has 110 valence electrons. The second kappa shape index (κ2) is 6.65. The maximum atomic E-state index is 11.9. The molecule has 0 atom stereocenters. The lowest BCUT2D eigenvalue weighted by Gasteiger charge is -2.06. The third kappa shape index (κ3) is 3.88. The molecular formula is C14H16N4O3. The third-order valence-electron chi connectivity index (χ3n) is 3.08. The Balaban J connectivity index is 1.88. The number of carbonyl (C=O) groups is 1. The minimum Gasteiger partial charge on any atom is -0.352 e. The number of nitro benzene ring substituents is 1. The summed E-state index contributed by atoms with van der Waals surface area (Å²) in [6.45, 7) is 2.84. The fraction of sp³-hybridized carbons (Fsp3) is 0.286. The van der Waals surface area contributed by atoms with Crippen LogP contribution >= 0.6 is 0 Å². The second-order valence-electron chi connectivity index (χ2n) is 4.64. The Morgan fingerprint density at radius 1 is 1.48 bits per heavy atom. The van der Waals surface area contributed by atoms with Gasteiger partial charge in [-0.25, -0.2) is 0 Å². The number of hydrogen-bond acceptors (Lipinski definition) is 4. The Kier molecular flexibility index (Phi) is 4.65. The summed E-state index contributed by atoms with van der Waals surface area (Å²) in [4.78, 5) is 22.3. The van der Waals surface area contributed by atoms with E-state index in [2.05, 4.69) is 10.4 Å². The standard InChI is InChI=1S/C14H16N4O3/c1-11-4-5-12(10-13(11)18(20)21)14(19)15-6-2-8-17-9-3-7-16-17/h3-5,7,9-10H,2,6,8H2,1H3,(H,15,19). The van der Waals surface area contributed by atoms with Gasteiger partial charge < -0.3 is 5.32 Å². The van der Waals surface area contributed by atoms with E-state index in [-0.39, 0.29) is 11.6 Å². The normalized spacial score (nSPS) is 10.3. The summed E-state index contributed by atoms with van der Waals surface area (Å²) in [5.41, 5.74) is 0.792. The molecule has 0 aliphatic heterocycles. The first-order chi connectivity index (χ1) is 10.1. The molecular weight excluding hydrogens is 272 g/mol. The summed E-state index contributed by atoms with van der Waals surface area (Å²) in [7, 11) is 0. The van der Waals surface area contributed by atoms with Gasteiger partial charge >= 0.3 is 0 Å². The predicted molar refractivity (Wildman–Crippen MR) is 77.0 cm³/mol. The van der Waals surface area contributed by atoms with Crippen LogP contribution in [0.2, 0.25) is 0 Å². The topological polar surface area (TPSA) is 90.1 Å². The van der Waals surface area contributed by atoms with E-state index in [1.54, 1.807) is 29.9 Å². The van der Waals surface area contributed by atoms with Crippen LogP contribution < -0.4 is 5.32 Å². The summed E-state index contributed by atoms with van der Waals surface area (Å²) in [6.07, 6.45) is 4.29. The first-order valence-electron chi connectivity index (χ1n) is 6.58. The summed E-state index contributed by atoms with van der Waals surface area (Å²) in [5.74, 6) is -0.307. The van der Waals surface area contributed by atoms with E-state index in [0.717, 1.165) is 6.42 Å². The van der Waals surface area contributed by atoms with Crippen LogP contribution in [0.4, 0.5) is 5.69 Å². The maximum Gasteiger partial charge on any atom is 0.273 e. The molecule has 0 fully saturated rings. The number of rotatable bonds is 6. The van der Waals surface area contributed by atoms with Gasteiger partial charge in [0.05, 0.1) is 4.92 Å². The molecule has 0 spiro atoms. The summed E-state index contributed by atoms with van der Waals surface area (Å²) in [5, 5.41) is 17.7. The molecule has 7 nitrogen and oxygen atoms in total. The van der Waals surface area contributed by atoms with Gasteiger partial charge in [0.25, 0.3) is 11.6 Å². The van der Waals surface area contributed by atoms with Gasteiger partial charge in [-0.2, -0.15) is 5.10 Å². The second-order valence-corrected chi connectivity index (χ2v) is 4.64. The summed E-state index contributed by atoms with van der Waals surface area (Å²) < 4.78 is 1.78. The van der Waals surface area contributed by atoms with Gasteiger partial charge in [-0.05, 0) is 25.5 Å². The number of benzene rings is 1. The van der Waals surface area contributed by atoms with Crippen molar-refractivity contribution in [2.24, 2.45) is 0 Å². The van der Waals surface area contributed by atoms with Gasteiger partial charge in [-0.3, -0.25) is 19.6 Å². The maximum absolute atomic E-state index is 11.9. The lowest BCUT2D eigenvalue weighted by molar-refractivity contribution is -0.385. The minimum atomic E-state index is -0.482. The number of nitrogens with zero attached hydrogens (tertiary/aromatic N) is 3. The first kappa shape index (κ1) is 14.7. The van der Waals surface area contributed by atoms with E-state index < -0.39 is 4.92 Å². The predicted octanol–water partition coefficient (Wildman–Crippen LogP) is 1.92. The summed E-state index contributed by atoms with van der Waals surface area (Å²) >= 11 is 0. The quantitative estimate of drug-likeness (QED) is 0.499. The highest BCUT2D eigenvalue weighted by Gasteiger charge is 2.14. The fourth-order valence-electron chi connectivity index (χ4n) is 1.93. The molecule has 1 aromatic heterocycles. The van der Waals surface area contributed by atoms with Crippen LogP contribution in [0.25, 0.3) is 0 Å². The van der Waals surface area contributed by atoms with E-state index in [4.69, 9.17) is 0 Å². The van der Waals surface area contributed by atoms with Crippen molar-refractivity contribution in [1.29, 1.82) is 0 Å². The zero-order valence-electron chi connectivity index (χ0n) is 11.7. The molecule has 0 saturated carbocycles. The highest BCUT2D eigenvalue weighted by molar-refractivity contribution is 5.94. The van der Waals surface area contributed by atoms with Crippen LogP contribution in [0.15, 0.2) is 36.7 Å². The monoisotopic (exact) mass is 288 g/mol. The molecule has 1 heterocycles. The lowest BCUT2D eigenvalue weighted by atomic mass is 10.1. The number of nitrogens with one attached hydrogen (secondary N) is 1. The van der Waals surface area contributed by atoms with Crippen molar-refractivity contribution in [3.8, 4) is 0 Å². The SMILES string of the molecule is Cc1ccc(C(=O)NCCCn2cccn2)cc1[N+](=O)[O-]. The molecule has 1 N–H and O–H groups in total. The Morgan fingerprint density at radius 2 is 2.29 bits per heavy atom. The zero-order valence-corrected chi connectivity index (χ0v) is 11.7. The van der Waals surface area contributed by atoms with Crippen LogP contribution in [-0.2, 0) is 6.54 Å². The Hall–Kier alpha value is -2.70. The van der Waals surface area contributed by atoms with Gasteiger partial charge in [0, 0.05) is 42.7 Å². The van der Waals surface area contributed by atoms with Gasteiger partial charge in [-0.1, -0.05) is 6.07 Å². The Morgan fingerprint density at radius 3 is 2.95 bits per heavy atom. The Labute approximate surface area is 121 Å². The molecule has 0 aliphatic rings. The van der Waals surface area contributed by atoms with E-state index in [9.17, 15) is 14.9 Å². The van der Waals surface area contributed by atoms with Gasteiger partial charge in [0.1, 0.15) is 0 Å². The van der Waals surface area contributed by atoms with Crippen molar-refractivity contribution in [2.45, 2.75) is 19.9 Å². The molecule has 7 heteroatoms. The van der Waals surface area contributed by atoms with Crippen molar-refractivity contribution < 1.29 is 9.72 Å². The van der Waals surface area contributed by atoms with Gasteiger partial charge in [-0.15, -0.1) is 0 Å². The summed E-state index contributed by atoms with van der Waals surface area (Å²) in [6, 6.07) is 6.31. The zero-order chi connectivity index (χ0) is 15.2. The number of carbonyl (C=O) groups excluding carboxylic acids is 1. The lowest BCUT2D eigenvalue weighted by Crippen LogP contribution is -2.25. The highest BCUT2D eigenvalue weighted by atomic mass is 16.6. The van der Waals surface area contributed by atoms with Gasteiger partial charge in [0.15, 0.2) is 0 Å². The van der Waals surface area contributed by atoms with Crippen LogP contribution in [0.1, 0.15) is 22.3 Å². The molecule has 0 aliphatic carbocycles. The number of amides is 1. The van der Waals surface area contributed by atoms with Crippen molar-refractivity contribution in [3.05, 3.63) is 57.9 Å². The van der Waals surface area contributed by atoms with E-state index in [1.807, 2.05) is 12.3 Å². The van der Waals surface area contributed by atoms with Crippen LogP contribution in [0.5, 0.6) is 0 Å². The van der Waals surface area contributed by atoms with E-state index in [0.29, 0.717) is 24.2 Å². The minimum absolute atomic E-state index is 0.0424. The van der Waals surface area contributed by atoms with Crippen molar-refractivity contribution in [2.75, 3.05) is 6.54 Å². The average Bonchev–Trinajstić information content (AvgIpc) is 2.96. The molecule has 2 rings (SSSR count). The molecule has 0 unspecified atom stereocenters. The smallest absolute Gasteiger partial charge is 0.273 e. The van der Waals surface area contributed by atoms with E-state index >= 15 is 0 Å². The van der Waals surface area contributed by atoms with Crippen LogP contribution in [0, 0.1) is 17.0 Å². The van der Waals surface area contributed by atoms with Gasteiger partial charge in [0.2, 0.25) is 0 Å². The first-order valence-corrected chi connectivity index (χ1v) is 6.58. The Bertz CT molecular complexity index is 638. The number of hydrogen-bond donors (Lipinski definition) is 1. The van der Waals surface area contributed by atoms with Crippen molar-refractivity contribution in [1.82, 2.24) is 15.1 Å². The number of aromatic nitrogens is 2. The van der Waals surface area contributed by atoms with Crippen LogP contribution in [0.3, 0.4) is 0 Å². The fourth-order valence-corrected chi connectivity index (χ4v) is 1.93. The molecule has 1 amide bonds. The van der Waals surface area contributed by atoms with E-state index in [1.165, 1.54) is 6.07 Å². The molecule has 0 radical (unpaired) electrons. The molecule has 21 heavy (non-hydrogen) atoms. The largest absolute Gasteiger partial charge is 0.352 e. The molecule has 1 aromatic carbocycles. The third-order valence-corrected chi connectivity index (χ3v) is 3.08. The molecule has 0 saturated heterocycles. The number of aryl methyl sites for hydroxylation is 2. The highest BCUT2D eigenvalue weighted by Crippen LogP contribution is 2.19. The molecule has 0 bridgehead atoms. The van der Waals surface area contributed by atoms with Crippen LogP contribution in [-0.4, -0.2) is 27.2 Å². The van der Waals surface area contributed by atoms with Crippen molar-refractivity contribution >= 4 is 11.6 Å². The number of nitro groups is 1. The molecule has 2 aromatic rings. The van der Waals surface area contributed by atoms with Crippen molar-refractivity contribution in [3.63, 3.8) is 0 Å².